The minimum Gasteiger partial charge on any atom is -0.397 e. The second-order valence-corrected chi connectivity index (χ2v) is 5.76. The predicted molar refractivity (Wildman–Crippen MR) is 69.2 cm³/mol. The van der Waals surface area contributed by atoms with Crippen molar-refractivity contribution in [1.29, 1.82) is 0 Å². The van der Waals surface area contributed by atoms with Crippen LogP contribution in [0, 0.1) is 0 Å². The van der Waals surface area contributed by atoms with Crippen molar-refractivity contribution in [1.82, 2.24) is 5.32 Å². The van der Waals surface area contributed by atoms with Gasteiger partial charge < -0.3 is 19.3 Å². The lowest BCUT2D eigenvalue weighted by Gasteiger charge is -2.14. The van der Waals surface area contributed by atoms with Gasteiger partial charge in [0.1, 0.15) is 0 Å². The Morgan fingerprint density at radius 3 is 2.41 bits per heavy atom. The molecule has 0 aromatic rings. The van der Waals surface area contributed by atoms with Gasteiger partial charge in [0.25, 0.3) is 0 Å². The van der Waals surface area contributed by atoms with Crippen LogP contribution in [0.2, 0.25) is 6.04 Å². The Morgan fingerprint density at radius 1 is 1.24 bits per heavy atom. The van der Waals surface area contributed by atoms with Crippen LogP contribution in [0.5, 0.6) is 0 Å². The highest BCUT2D eigenvalue weighted by atomic mass is 28.3. The maximum Gasteiger partial charge on any atom is 0.321 e. The zero-order valence-corrected chi connectivity index (χ0v) is 12.1. The van der Waals surface area contributed by atoms with Crippen LogP contribution < -0.4 is 5.32 Å². The first-order valence-corrected chi connectivity index (χ1v) is 8.11. The summed E-state index contributed by atoms with van der Waals surface area (Å²) in [6.07, 6.45) is 1.82. The van der Waals surface area contributed by atoms with Gasteiger partial charge in [-0.1, -0.05) is 0 Å². The van der Waals surface area contributed by atoms with Crippen molar-refractivity contribution >= 4 is 15.2 Å². The Hall–Kier alpha value is -0.433. The molecule has 0 atom stereocenters. The fourth-order valence-corrected chi connectivity index (χ4v) is 3.12. The molecule has 0 saturated carbocycles. The van der Waals surface area contributed by atoms with Crippen LogP contribution in [0.1, 0.15) is 33.1 Å². The highest BCUT2D eigenvalue weighted by molar-refractivity contribution is 6.44. The molecule has 5 nitrogen and oxygen atoms in total. The Bertz CT molecular complexity index is 186. The maximum absolute atomic E-state index is 11.2. The van der Waals surface area contributed by atoms with Gasteiger partial charge in [-0.2, -0.15) is 0 Å². The van der Waals surface area contributed by atoms with Gasteiger partial charge in [0, 0.05) is 32.8 Å². The van der Waals surface area contributed by atoms with E-state index in [0.29, 0.717) is 32.6 Å². The topological polar surface area (TPSA) is 67.8 Å². The quantitative estimate of drug-likeness (QED) is 0.422. The smallest absolute Gasteiger partial charge is 0.321 e. The largest absolute Gasteiger partial charge is 0.397 e. The fraction of sp³-hybridized carbons (Fsp3) is 0.909. The molecule has 6 heteroatoms. The van der Waals surface area contributed by atoms with E-state index in [-0.39, 0.29) is 12.5 Å². The van der Waals surface area contributed by atoms with E-state index < -0.39 is 9.28 Å². The van der Waals surface area contributed by atoms with Gasteiger partial charge in [0.2, 0.25) is 5.91 Å². The molecule has 0 aliphatic heterocycles. The van der Waals surface area contributed by atoms with Gasteiger partial charge in [-0.3, -0.25) is 4.79 Å². The summed E-state index contributed by atoms with van der Waals surface area (Å²) in [4.78, 5) is 11.2. The number of amides is 1. The second kappa shape index (κ2) is 12.0. The van der Waals surface area contributed by atoms with Crippen molar-refractivity contribution in [2.45, 2.75) is 39.2 Å². The maximum atomic E-state index is 11.2. The summed E-state index contributed by atoms with van der Waals surface area (Å²) in [6.45, 7) is 6.05. The minimum absolute atomic E-state index is 0.00471. The lowest BCUT2D eigenvalue weighted by atomic mass is 10.3. The van der Waals surface area contributed by atoms with Crippen LogP contribution >= 0.6 is 0 Å². The first-order valence-electron chi connectivity index (χ1n) is 6.35. The summed E-state index contributed by atoms with van der Waals surface area (Å²) in [6, 6.07) is 0.919. The third kappa shape index (κ3) is 10.4. The molecule has 0 unspecified atom stereocenters. The number of hydrogen-bond donors (Lipinski definition) is 2. The summed E-state index contributed by atoms with van der Waals surface area (Å²) in [5.74, 6) is 0.00471. The summed E-state index contributed by atoms with van der Waals surface area (Å²) < 4.78 is 11.1. The molecule has 0 heterocycles. The SMILES string of the molecule is CCO[SiH](CCCNC(=O)CCCO)OCC. The molecule has 1 amide bonds. The van der Waals surface area contributed by atoms with Crippen molar-refractivity contribution in [2.75, 3.05) is 26.4 Å². The van der Waals surface area contributed by atoms with Gasteiger partial charge in [0.05, 0.1) is 0 Å². The average molecular weight is 263 g/mol. The molecule has 0 spiro atoms. The monoisotopic (exact) mass is 263 g/mol. The zero-order chi connectivity index (χ0) is 12.9. The van der Waals surface area contributed by atoms with E-state index in [1.807, 2.05) is 13.8 Å². The minimum atomic E-state index is -1.51. The van der Waals surface area contributed by atoms with E-state index in [2.05, 4.69) is 5.32 Å². The summed E-state index contributed by atoms with van der Waals surface area (Å²) >= 11 is 0. The molecule has 0 aliphatic carbocycles. The number of carbonyl (C=O) groups is 1. The molecule has 17 heavy (non-hydrogen) atoms. The third-order valence-corrected chi connectivity index (χ3v) is 4.50. The van der Waals surface area contributed by atoms with Crippen molar-refractivity contribution in [3.63, 3.8) is 0 Å². The average Bonchev–Trinajstić information content (AvgIpc) is 2.32. The van der Waals surface area contributed by atoms with Gasteiger partial charge >= 0.3 is 9.28 Å². The fourth-order valence-electron chi connectivity index (χ4n) is 1.41. The number of aliphatic hydroxyl groups is 1. The van der Waals surface area contributed by atoms with E-state index in [0.717, 1.165) is 12.5 Å². The van der Waals surface area contributed by atoms with Gasteiger partial charge in [-0.15, -0.1) is 0 Å². The van der Waals surface area contributed by atoms with Gasteiger partial charge in [-0.05, 0) is 32.7 Å². The van der Waals surface area contributed by atoms with Crippen LogP contribution in [0.25, 0.3) is 0 Å². The number of aliphatic hydroxyl groups excluding tert-OH is 1. The molecule has 0 saturated heterocycles. The summed E-state index contributed by atoms with van der Waals surface area (Å²) in [5, 5.41) is 11.4. The molecule has 0 fully saturated rings. The molecule has 0 rings (SSSR count). The lowest BCUT2D eigenvalue weighted by molar-refractivity contribution is -0.121. The third-order valence-electron chi connectivity index (χ3n) is 2.21. The molecule has 102 valence electrons. The highest BCUT2D eigenvalue weighted by Gasteiger charge is 2.11. The summed E-state index contributed by atoms with van der Waals surface area (Å²) in [7, 11) is -1.51. The standard InChI is InChI=1S/C11H25NO4Si/c1-3-15-17(16-4-2)10-6-8-12-11(14)7-5-9-13/h13,17H,3-10H2,1-2H3,(H,12,14). The second-order valence-electron chi connectivity index (χ2n) is 3.66. The first-order chi connectivity index (χ1) is 8.24. The van der Waals surface area contributed by atoms with Crippen molar-refractivity contribution in [3.05, 3.63) is 0 Å². The number of nitrogens with one attached hydrogen (secondary N) is 1. The molecule has 0 bridgehead atoms. The Morgan fingerprint density at radius 2 is 1.88 bits per heavy atom. The van der Waals surface area contributed by atoms with Crippen LogP contribution in [0.3, 0.4) is 0 Å². The number of rotatable bonds is 11. The normalized spacial score (nSPS) is 10.8. The van der Waals surface area contributed by atoms with E-state index in [9.17, 15) is 4.79 Å². The molecular formula is C11H25NO4Si. The van der Waals surface area contributed by atoms with E-state index in [1.54, 1.807) is 0 Å². The highest BCUT2D eigenvalue weighted by Crippen LogP contribution is 2.01. The van der Waals surface area contributed by atoms with E-state index in [4.69, 9.17) is 14.0 Å². The lowest BCUT2D eigenvalue weighted by Crippen LogP contribution is -2.27. The first kappa shape index (κ1) is 16.6. The Balaban J connectivity index is 3.49. The molecule has 2 N–H and O–H groups in total. The van der Waals surface area contributed by atoms with Gasteiger partial charge in [-0.25, -0.2) is 0 Å². The van der Waals surface area contributed by atoms with Crippen LogP contribution in [0.15, 0.2) is 0 Å². The van der Waals surface area contributed by atoms with E-state index >= 15 is 0 Å². The number of carbonyl (C=O) groups excluding carboxylic acids is 1. The molecule has 0 aromatic heterocycles. The van der Waals surface area contributed by atoms with Crippen LogP contribution in [-0.4, -0.2) is 46.7 Å². The predicted octanol–water partition coefficient (Wildman–Crippen LogP) is 0.559. The van der Waals surface area contributed by atoms with Crippen molar-refractivity contribution in [3.8, 4) is 0 Å². The van der Waals surface area contributed by atoms with E-state index in [1.165, 1.54) is 0 Å². The zero-order valence-electron chi connectivity index (χ0n) is 10.9. The van der Waals surface area contributed by atoms with Crippen molar-refractivity contribution < 1.29 is 18.8 Å². The Kier molecular flexibility index (Phi) is 11.7. The summed E-state index contributed by atoms with van der Waals surface area (Å²) in [5.41, 5.74) is 0. The molecule has 0 aliphatic rings. The van der Waals surface area contributed by atoms with Crippen molar-refractivity contribution in [2.24, 2.45) is 0 Å². The van der Waals surface area contributed by atoms with Gasteiger partial charge in [0.15, 0.2) is 0 Å². The molecule has 0 radical (unpaired) electrons. The molecular weight excluding hydrogens is 238 g/mol. The number of hydrogen-bond acceptors (Lipinski definition) is 4. The molecule has 0 aromatic carbocycles. The Labute approximate surface area is 105 Å². The van der Waals surface area contributed by atoms with Crippen LogP contribution in [-0.2, 0) is 13.6 Å². The van der Waals surface area contributed by atoms with Crippen LogP contribution in [0.4, 0.5) is 0 Å².